The number of ether oxygens (including phenoxy) is 1. The summed E-state index contributed by atoms with van der Waals surface area (Å²) >= 11 is 0. The molecule has 1 N–H and O–H groups in total. The molecule has 78 valence electrons. The molecule has 0 saturated heterocycles. The molecule has 1 atom stereocenters. The van der Waals surface area contributed by atoms with Crippen LogP contribution in [0.4, 0.5) is 0 Å². The van der Waals surface area contributed by atoms with E-state index in [0.717, 1.165) is 5.56 Å². The topological polar surface area (TPSA) is 46.5 Å². The maximum atomic E-state index is 10.7. The highest BCUT2D eigenvalue weighted by atomic mass is 16.5. The quantitative estimate of drug-likeness (QED) is 0.425. The lowest BCUT2D eigenvalue weighted by Gasteiger charge is -2.03. The predicted octanol–water partition coefficient (Wildman–Crippen LogP) is 1.20. The van der Waals surface area contributed by atoms with E-state index < -0.39 is 12.1 Å². The standard InChI is InChI=1S/C12H12O3/c1-9-3-5-10(6-4-9)11(13)7-8-12(14)15-2/h3-6,11,13H,1-2H3/t11-/m0/s1. The van der Waals surface area contributed by atoms with E-state index in [1.54, 1.807) is 12.1 Å². The van der Waals surface area contributed by atoms with Crippen molar-refractivity contribution >= 4 is 5.97 Å². The van der Waals surface area contributed by atoms with Crippen LogP contribution in [-0.2, 0) is 9.53 Å². The molecule has 0 fully saturated rings. The van der Waals surface area contributed by atoms with Gasteiger partial charge in [0.1, 0.15) is 6.10 Å². The van der Waals surface area contributed by atoms with Crippen molar-refractivity contribution in [2.75, 3.05) is 7.11 Å². The minimum atomic E-state index is -0.954. The second-order valence-corrected chi connectivity index (χ2v) is 3.07. The number of aryl methyl sites for hydroxylation is 1. The van der Waals surface area contributed by atoms with Gasteiger partial charge in [-0.15, -0.1) is 0 Å². The van der Waals surface area contributed by atoms with Gasteiger partial charge in [0.05, 0.1) is 7.11 Å². The molecule has 3 heteroatoms. The number of carbonyl (C=O) groups is 1. The van der Waals surface area contributed by atoms with Crippen LogP contribution >= 0.6 is 0 Å². The van der Waals surface area contributed by atoms with E-state index in [-0.39, 0.29) is 0 Å². The Hall–Kier alpha value is -1.79. The van der Waals surface area contributed by atoms with Gasteiger partial charge >= 0.3 is 5.97 Å². The molecule has 1 aromatic rings. The van der Waals surface area contributed by atoms with Gasteiger partial charge in [0.15, 0.2) is 0 Å². The minimum Gasteiger partial charge on any atom is -0.459 e. The Bertz CT molecular complexity index is 395. The van der Waals surface area contributed by atoms with E-state index in [1.807, 2.05) is 19.1 Å². The van der Waals surface area contributed by atoms with Crippen LogP contribution in [0.25, 0.3) is 0 Å². The van der Waals surface area contributed by atoms with Gasteiger partial charge in [-0.05, 0) is 12.5 Å². The Morgan fingerprint density at radius 1 is 1.40 bits per heavy atom. The van der Waals surface area contributed by atoms with Crippen LogP contribution in [0.3, 0.4) is 0 Å². The summed E-state index contributed by atoms with van der Waals surface area (Å²) in [6.07, 6.45) is -0.954. The molecule has 0 unspecified atom stereocenters. The van der Waals surface area contributed by atoms with E-state index in [1.165, 1.54) is 7.11 Å². The van der Waals surface area contributed by atoms with Crippen molar-refractivity contribution in [2.24, 2.45) is 0 Å². The van der Waals surface area contributed by atoms with Crippen LogP contribution < -0.4 is 0 Å². The summed E-state index contributed by atoms with van der Waals surface area (Å²) in [6.45, 7) is 1.95. The number of hydrogen-bond donors (Lipinski definition) is 1. The van der Waals surface area contributed by atoms with Crippen LogP contribution in [0.2, 0.25) is 0 Å². The summed E-state index contributed by atoms with van der Waals surface area (Å²) in [4.78, 5) is 10.7. The molecule has 1 aromatic carbocycles. The van der Waals surface area contributed by atoms with Crippen LogP contribution in [0.1, 0.15) is 17.2 Å². The summed E-state index contributed by atoms with van der Waals surface area (Å²) in [6, 6.07) is 7.29. The molecule has 0 aliphatic heterocycles. The molecular formula is C12H12O3. The largest absolute Gasteiger partial charge is 0.459 e. The average molecular weight is 204 g/mol. The Balaban J connectivity index is 2.75. The molecule has 0 aliphatic rings. The first-order valence-electron chi connectivity index (χ1n) is 4.47. The van der Waals surface area contributed by atoms with Gasteiger partial charge < -0.3 is 9.84 Å². The third-order valence-corrected chi connectivity index (χ3v) is 1.89. The van der Waals surface area contributed by atoms with E-state index in [9.17, 15) is 9.90 Å². The SMILES string of the molecule is COC(=O)C#C[C@H](O)c1ccc(C)cc1. The van der Waals surface area contributed by atoms with Crippen molar-refractivity contribution in [3.05, 3.63) is 35.4 Å². The first-order chi connectivity index (χ1) is 7.13. The van der Waals surface area contributed by atoms with Gasteiger partial charge in [-0.1, -0.05) is 35.7 Å². The second-order valence-electron chi connectivity index (χ2n) is 3.07. The van der Waals surface area contributed by atoms with Gasteiger partial charge in [0.2, 0.25) is 0 Å². The zero-order valence-corrected chi connectivity index (χ0v) is 8.65. The molecule has 15 heavy (non-hydrogen) atoms. The number of esters is 1. The fraction of sp³-hybridized carbons (Fsp3) is 0.250. The third kappa shape index (κ3) is 3.45. The zero-order chi connectivity index (χ0) is 11.3. The van der Waals surface area contributed by atoms with Crippen molar-refractivity contribution in [3.63, 3.8) is 0 Å². The first kappa shape index (κ1) is 11.3. The van der Waals surface area contributed by atoms with Crippen molar-refractivity contribution in [2.45, 2.75) is 13.0 Å². The first-order valence-corrected chi connectivity index (χ1v) is 4.47. The average Bonchev–Trinajstić information content (AvgIpc) is 2.26. The Kier molecular flexibility index (Phi) is 3.90. The summed E-state index contributed by atoms with van der Waals surface area (Å²) in [5.41, 5.74) is 1.77. The van der Waals surface area contributed by atoms with E-state index in [0.29, 0.717) is 5.56 Å². The van der Waals surface area contributed by atoms with Crippen molar-refractivity contribution in [1.82, 2.24) is 0 Å². The number of aliphatic hydroxyl groups is 1. The van der Waals surface area contributed by atoms with Crippen molar-refractivity contribution < 1.29 is 14.6 Å². The highest BCUT2D eigenvalue weighted by Gasteiger charge is 2.02. The molecule has 1 rings (SSSR count). The number of methoxy groups -OCH3 is 1. The molecule has 0 bridgehead atoms. The summed E-state index contributed by atoms with van der Waals surface area (Å²) in [7, 11) is 1.25. The van der Waals surface area contributed by atoms with E-state index >= 15 is 0 Å². The fourth-order valence-electron chi connectivity index (χ4n) is 1.01. The zero-order valence-electron chi connectivity index (χ0n) is 8.65. The van der Waals surface area contributed by atoms with Gasteiger partial charge in [-0.25, -0.2) is 4.79 Å². The number of aliphatic hydroxyl groups excluding tert-OH is 1. The monoisotopic (exact) mass is 204 g/mol. The molecule has 0 aliphatic carbocycles. The molecular weight excluding hydrogens is 192 g/mol. The van der Waals surface area contributed by atoms with E-state index in [2.05, 4.69) is 16.6 Å². The molecule has 0 saturated carbocycles. The maximum absolute atomic E-state index is 10.7. The van der Waals surface area contributed by atoms with Crippen LogP contribution in [-0.4, -0.2) is 18.2 Å². The normalized spacial score (nSPS) is 11.1. The summed E-state index contributed by atoms with van der Waals surface area (Å²) in [5, 5.41) is 9.57. The van der Waals surface area contributed by atoms with Crippen LogP contribution in [0, 0.1) is 18.8 Å². The van der Waals surface area contributed by atoms with Gasteiger partial charge in [-0.2, -0.15) is 0 Å². The van der Waals surface area contributed by atoms with Gasteiger partial charge in [0, 0.05) is 5.92 Å². The smallest absolute Gasteiger partial charge is 0.384 e. The molecule has 3 nitrogen and oxygen atoms in total. The lowest BCUT2D eigenvalue weighted by molar-refractivity contribution is -0.133. The maximum Gasteiger partial charge on any atom is 0.384 e. The molecule has 0 amide bonds. The Morgan fingerprint density at radius 2 is 2.00 bits per heavy atom. The minimum absolute atomic E-state index is 0.652. The van der Waals surface area contributed by atoms with E-state index in [4.69, 9.17) is 0 Å². The summed E-state index contributed by atoms with van der Waals surface area (Å²) in [5.74, 6) is 3.93. The number of hydrogen-bond acceptors (Lipinski definition) is 3. The predicted molar refractivity (Wildman–Crippen MR) is 55.9 cm³/mol. The Morgan fingerprint density at radius 3 is 2.53 bits per heavy atom. The lowest BCUT2D eigenvalue weighted by Crippen LogP contribution is -1.98. The number of carbonyl (C=O) groups excluding carboxylic acids is 1. The highest BCUT2D eigenvalue weighted by Crippen LogP contribution is 2.12. The van der Waals surface area contributed by atoms with Crippen LogP contribution in [0.5, 0.6) is 0 Å². The molecule has 0 heterocycles. The van der Waals surface area contributed by atoms with Crippen LogP contribution in [0.15, 0.2) is 24.3 Å². The number of benzene rings is 1. The molecule has 0 aromatic heterocycles. The third-order valence-electron chi connectivity index (χ3n) is 1.89. The lowest BCUT2D eigenvalue weighted by atomic mass is 10.1. The summed E-state index contributed by atoms with van der Waals surface area (Å²) < 4.78 is 4.33. The van der Waals surface area contributed by atoms with Gasteiger partial charge in [-0.3, -0.25) is 0 Å². The Labute approximate surface area is 88.7 Å². The second kappa shape index (κ2) is 5.18. The number of rotatable bonds is 1. The van der Waals surface area contributed by atoms with Gasteiger partial charge in [0.25, 0.3) is 0 Å². The van der Waals surface area contributed by atoms with Crippen molar-refractivity contribution in [3.8, 4) is 11.8 Å². The highest BCUT2D eigenvalue weighted by molar-refractivity contribution is 5.88. The van der Waals surface area contributed by atoms with Crippen molar-refractivity contribution in [1.29, 1.82) is 0 Å². The molecule has 0 spiro atoms. The fourth-order valence-corrected chi connectivity index (χ4v) is 1.01. The molecule has 0 radical (unpaired) electrons.